The summed E-state index contributed by atoms with van der Waals surface area (Å²) in [6, 6.07) is 0. The molecule has 82 valence electrons. The number of hydrogen-bond acceptors (Lipinski definition) is 2. The molecule has 0 saturated heterocycles. The standard InChI is InChI=1S/C10H18ClO2P/c1-8-6-14(12,7-9(8)2)13-10(3)4-5-11/h10H,4-7H2,1-3H3. The van der Waals surface area contributed by atoms with E-state index in [1.165, 1.54) is 11.1 Å². The molecule has 0 aromatic heterocycles. The van der Waals surface area contributed by atoms with Gasteiger partial charge in [0.1, 0.15) is 0 Å². The third kappa shape index (κ3) is 3.12. The van der Waals surface area contributed by atoms with Gasteiger partial charge in [-0.15, -0.1) is 11.6 Å². The van der Waals surface area contributed by atoms with Gasteiger partial charge in [0, 0.05) is 18.2 Å². The Morgan fingerprint density at radius 3 is 2.36 bits per heavy atom. The second-order valence-electron chi connectivity index (χ2n) is 4.09. The third-order valence-electron chi connectivity index (χ3n) is 2.57. The minimum atomic E-state index is -2.40. The summed E-state index contributed by atoms with van der Waals surface area (Å²) >= 11 is 5.60. The molecule has 1 rings (SSSR count). The van der Waals surface area contributed by atoms with E-state index in [1.54, 1.807) is 0 Å². The predicted octanol–water partition coefficient (Wildman–Crippen LogP) is 3.65. The zero-order valence-corrected chi connectivity index (χ0v) is 10.7. The normalized spacial score (nSPS) is 22.9. The summed E-state index contributed by atoms with van der Waals surface area (Å²) < 4.78 is 17.8. The molecule has 0 N–H and O–H groups in total. The Bertz CT molecular complexity index is 268. The molecular weight excluding hydrogens is 219 g/mol. The van der Waals surface area contributed by atoms with E-state index in [1.807, 2.05) is 20.8 Å². The van der Waals surface area contributed by atoms with Crippen molar-refractivity contribution in [3.05, 3.63) is 11.1 Å². The van der Waals surface area contributed by atoms with Gasteiger partial charge in [0.2, 0.25) is 7.37 Å². The van der Waals surface area contributed by atoms with Crippen LogP contribution in [0.2, 0.25) is 0 Å². The largest absolute Gasteiger partial charge is 0.325 e. The Kier molecular flexibility index (Phi) is 4.24. The molecule has 1 heterocycles. The average Bonchev–Trinajstić information content (AvgIpc) is 2.25. The van der Waals surface area contributed by atoms with Crippen LogP contribution in [0.5, 0.6) is 0 Å². The van der Waals surface area contributed by atoms with Gasteiger partial charge in [-0.05, 0) is 27.2 Å². The van der Waals surface area contributed by atoms with Gasteiger partial charge in [0.15, 0.2) is 0 Å². The van der Waals surface area contributed by atoms with E-state index in [2.05, 4.69) is 0 Å². The lowest BCUT2D eigenvalue weighted by Crippen LogP contribution is -2.08. The van der Waals surface area contributed by atoms with Crippen LogP contribution in [0.4, 0.5) is 0 Å². The maximum atomic E-state index is 12.2. The fraction of sp³-hybridized carbons (Fsp3) is 0.800. The van der Waals surface area contributed by atoms with Crippen molar-refractivity contribution in [2.45, 2.75) is 33.3 Å². The molecule has 0 fully saturated rings. The monoisotopic (exact) mass is 236 g/mol. The van der Waals surface area contributed by atoms with E-state index in [-0.39, 0.29) is 6.10 Å². The molecule has 0 aromatic carbocycles. The Hall–Kier alpha value is 0.220. The van der Waals surface area contributed by atoms with Gasteiger partial charge in [-0.1, -0.05) is 11.1 Å². The first-order chi connectivity index (χ1) is 6.47. The van der Waals surface area contributed by atoms with E-state index in [4.69, 9.17) is 16.1 Å². The maximum absolute atomic E-state index is 12.2. The topological polar surface area (TPSA) is 26.3 Å². The minimum absolute atomic E-state index is 0.0111. The number of rotatable bonds is 4. The fourth-order valence-corrected chi connectivity index (χ4v) is 4.97. The van der Waals surface area contributed by atoms with Crippen molar-refractivity contribution >= 4 is 19.0 Å². The lowest BCUT2D eigenvalue weighted by atomic mass is 10.2. The van der Waals surface area contributed by atoms with Crippen LogP contribution in [0.25, 0.3) is 0 Å². The predicted molar refractivity (Wildman–Crippen MR) is 61.6 cm³/mol. The van der Waals surface area contributed by atoms with E-state index in [0.29, 0.717) is 18.2 Å². The zero-order valence-electron chi connectivity index (χ0n) is 9.05. The van der Waals surface area contributed by atoms with E-state index >= 15 is 0 Å². The molecule has 0 bridgehead atoms. The number of hydrogen-bond donors (Lipinski definition) is 0. The van der Waals surface area contributed by atoms with Crippen molar-refractivity contribution in [1.82, 2.24) is 0 Å². The molecule has 0 aromatic rings. The Labute approximate surface area is 91.1 Å². The summed E-state index contributed by atoms with van der Waals surface area (Å²) in [5.41, 5.74) is 2.46. The van der Waals surface area contributed by atoms with Crippen molar-refractivity contribution in [1.29, 1.82) is 0 Å². The van der Waals surface area contributed by atoms with Crippen LogP contribution < -0.4 is 0 Å². The first-order valence-corrected chi connectivity index (χ1v) is 7.47. The molecule has 4 heteroatoms. The van der Waals surface area contributed by atoms with Crippen LogP contribution in [0.15, 0.2) is 11.1 Å². The van der Waals surface area contributed by atoms with Gasteiger partial charge in [-0.2, -0.15) is 0 Å². The summed E-state index contributed by atoms with van der Waals surface area (Å²) in [5.74, 6) is 0.562. The van der Waals surface area contributed by atoms with Gasteiger partial charge in [0.25, 0.3) is 0 Å². The highest BCUT2D eigenvalue weighted by atomic mass is 35.5. The summed E-state index contributed by atoms with van der Waals surface area (Å²) in [6.07, 6.45) is 2.04. The summed E-state index contributed by atoms with van der Waals surface area (Å²) in [5, 5.41) is 0. The molecule has 0 amide bonds. The quantitative estimate of drug-likeness (QED) is 0.423. The molecule has 14 heavy (non-hydrogen) atoms. The maximum Gasteiger partial charge on any atom is 0.211 e. The molecule has 1 aliphatic heterocycles. The average molecular weight is 237 g/mol. The van der Waals surface area contributed by atoms with Gasteiger partial charge >= 0.3 is 0 Å². The summed E-state index contributed by atoms with van der Waals surface area (Å²) in [6.45, 7) is 6.00. The van der Waals surface area contributed by atoms with Crippen molar-refractivity contribution in [3.63, 3.8) is 0 Å². The Morgan fingerprint density at radius 2 is 1.93 bits per heavy atom. The van der Waals surface area contributed by atoms with Crippen molar-refractivity contribution in [2.75, 3.05) is 18.2 Å². The van der Waals surface area contributed by atoms with E-state index in [0.717, 1.165) is 6.42 Å². The molecule has 0 spiro atoms. The van der Waals surface area contributed by atoms with Crippen LogP contribution in [0.1, 0.15) is 27.2 Å². The summed E-state index contributed by atoms with van der Waals surface area (Å²) in [4.78, 5) is 0. The lowest BCUT2D eigenvalue weighted by molar-refractivity contribution is 0.223. The van der Waals surface area contributed by atoms with Gasteiger partial charge in [-0.25, -0.2) is 0 Å². The molecular formula is C10H18ClO2P. The van der Waals surface area contributed by atoms with Crippen molar-refractivity contribution in [3.8, 4) is 0 Å². The van der Waals surface area contributed by atoms with E-state index in [9.17, 15) is 4.57 Å². The highest BCUT2D eigenvalue weighted by Gasteiger charge is 2.32. The third-order valence-corrected chi connectivity index (χ3v) is 5.45. The second kappa shape index (κ2) is 4.83. The first kappa shape index (κ1) is 12.3. The smallest absolute Gasteiger partial charge is 0.211 e. The Morgan fingerprint density at radius 1 is 1.43 bits per heavy atom. The van der Waals surface area contributed by atoms with Gasteiger partial charge < -0.3 is 4.52 Å². The molecule has 1 atom stereocenters. The van der Waals surface area contributed by atoms with Crippen molar-refractivity contribution in [2.24, 2.45) is 0 Å². The molecule has 0 saturated carbocycles. The molecule has 2 nitrogen and oxygen atoms in total. The van der Waals surface area contributed by atoms with Crippen LogP contribution in [0, 0.1) is 0 Å². The van der Waals surface area contributed by atoms with Crippen LogP contribution in [0.3, 0.4) is 0 Å². The molecule has 1 aliphatic rings. The van der Waals surface area contributed by atoms with Crippen LogP contribution >= 0.6 is 19.0 Å². The van der Waals surface area contributed by atoms with Gasteiger partial charge in [-0.3, -0.25) is 4.57 Å². The molecule has 1 unspecified atom stereocenters. The SMILES string of the molecule is CC1=C(C)CP(=O)(OC(C)CCCl)C1. The van der Waals surface area contributed by atoms with Crippen molar-refractivity contribution < 1.29 is 9.09 Å². The zero-order chi connectivity index (χ0) is 10.8. The van der Waals surface area contributed by atoms with Gasteiger partial charge in [0.05, 0.1) is 6.10 Å². The highest BCUT2D eigenvalue weighted by molar-refractivity contribution is 7.59. The molecule has 0 aliphatic carbocycles. The first-order valence-electron chi connectivity index (χ1n) is 4.94. The highest BCUT2D eigenvalue weighted by Crippen LogP contribution is 2.55. The fourth-order valence-electron chi connectivity index (χ4n) is 1.66. The van der Waals surface area contributed by atoms with E-state index < -0.39 is 7.37 Å². The molecule has 0 radical (unpaired) electrons. The number of halogens is 1. The lowest BCUT2D eigenvalue weighted by Gasteiger charge is -2.18. The Balaban J connectivity index is 2.51. The minimum Gasteiger partial charge on any atom is -0.325 e. The van der Waals surface area contributed by atoms with Crippen LogP contribution in [-0.4, -0.2) is 24.3 Å². The number of alkyl halides is 1. The van der Waals surface area contributed by atoms with Crippen LogP contribution in [-0.2, 0) is 9.09 Å². The summed E-state index contributed by atoms with van der Waals surface area (Å²) in [7, 11) is -2.40. The number of allylic oxidation sites excluding steroid dienone is 2. The second-order valence-corrected chi connectivity index (χ2v) is 6.94.